The molecule has 0 bridgehead atoms. The second kappa shape index (κ2) is 5.76. The number of hydrogen-bond donors (Lipinski definition) is 2. The fourth-order valence-electron chi connectivity index (χ4n) is 1.24. The SMILES string of the molecule is CCC(C)(C)CNS(=O)(=O)c1cc(N)c(Br)cc1F. The van der Waals surface area contributed by atoms with Crippen molar-refractivity contribution in [1.29, 1.82) is 0 Å². The lowest BCUT2D eigenvalue weighted by molar-refractivity contribution is 0.350. The van der Waals surface area contributed by atoms with Gasteiger partial charge in [0.05, 0.1) is 0 Å². The molecule has 0 spiro atoms. The van der Waals surface area contributed by atoms with Crippen molar-refractivity contribution in [3.8, 4) is 0 Å². The van der Waals surface area contributed by atoms with Crippen LogP contribution in [0.1, 0.15) is 27.2 Å². The fraction of sp³-hybridized carbons (Fsp3) is 0.500. The monoisotopic (exact) mass is 352 g/mol. The Labute approximate surface area is 121 Å². The smallest absolute Gasteiger partial charge is 0.243 e. The number of sulfonamides is 1. The van der Waals surface area contributed by atoms with Gasteiger partial charge in [-0.2, -0.15) is 0 Å². The van der Waals surface area contributed by atoms with Crippen LogP contribution in [0.3, 0.4) is 0 Å². The second-order valence-corrected chi connectivity index (χ2v) is 7.74. The maximum atomic E-state index is 13.7. The van der Waals surface area contributed by atoms with Gasteiger partial charge in [-0.3, -0.25) is 0 Å². The molecule has 0 aromatic heterocycles. The topological polar surface area (TPSA) is 72.2 Å². The minimum Gasteiger partial charge on any atom is -0.398 e. The summed E-state index contributed by atoms with van der Waals surface area (Å²) in [7, 11) is -3.90. The zero-order valence-electron chi connectivity index (χ0n) is 11.1. The lowest BCUT2D eigenvalue weighted by atomic mass is 9.91. The van der Waals surface area contributed by atoms with Crippen LogP contribution < -0.4 is 10.5 Å². The van der Waals surface area contributed by atoms with Crippen molar-refractivity contribution in [2.24, 2.45) is 5.41 Å². The number of rotatable bonds is 5. The molecule has 0 aliphatic carbocycles. The molecule has 4 nitrogen and oxygen atoms in total. The zero-order chi connectivity index (χ0) is 14.8. The Balaban J connectivity index is 3.05. The van der Waals surface area contributed by atoms with Crippen LogP contribution in [0.25, 0.3) is 0 Å². The van der Waals surface area contributed by atoms with Gasteiger partial charge in [0.2, 0.25) is 10.0 Å². The molecule has 0 fully saturated rings. The number of nitrogen functional groups attached to an aromatic ring is 1. The second-order valence-electron chi connectivity index (χ2n) is 5.15. The number of nitrogens with two attached hydrogens (primary N) is 1. The molecule has 0 saturated carbocycles. The Morgan fingerprint density at radius 3 is 2.53 bits per heavy atom. The number of halogens is 2. The highest BCUT2D eigenvalue weighted by Crippen LogP contribution is 2.26. The summed E-state index contributed by atoms with van der Waals surface area (Å²) < 4.78 is 40.6. The van der Waals surface area contributed by atoms with Crippen molar-refractivity contribution in [2.75, 3.05) is 12.3 Å². The quantitative estimate of drug-likeness (QED) is 0.800. The van der Waals surface area contributed by atoms with E-state index in [1.54, 1.807) is 0 Å². The summed E-state index contributed by atoms with van der Waals surface area (Å²) in [5, 5.41) is 0. The molecule has 1 aromatic rings. The van der Waals surface area contributed by atoms with Gasteiger partial charge >= 0.3 is 0 Å². The summed E-state index contributed by atoms with van der Waals surface area (Å²) in [4.78, 5) is -0.430. The normalized spacial score (nSPS) is 12.7. The fourth-order valence-corrected chi connectivity index (χ4v) is 2.89. The van der Waals surface area contributed by atoms with Gasteiger partial charge in [-0.1, -0.05) is 20.8 Å². The van der Waals surface area contributed by atoms with E-state index in [2.05, 4.69) is 20.7 Å². The van der Waals surface area contributed by atoms with Crippen molar-refractivity contribution in [1.82, 2.24) is 4.72 Å². The minimum absolute atomic E-state index is 0.177. The van der Waals surface area contributed by atoms with E-state index in [9.17, 15) is 12.8 Å². The van der Waals surface area contributed by atoms with Crippen LogP contribution in [0.5, 0.6) is 0 Å². The highest BCUT2D eigenvalue weighted by molar-refractivity contribution is 9.10. The lowest BCUT2D eigenvalue weighted by Crippen LogP contribution is -2.34. The van der Waals surface area contributed by atoms with E-state index in [0.29, 0.717) is 4.47 Å². The van der Waals surface area contributed by atoms with Gasteiger partial charge in [0.25, 0.3) is 0 Å². The van der Waals surface area contributed by atoms with Gasteiger partial charge in [-0.25, -0.2) is 17.5 Å². The maximum absolute atomic E-state index is 13.7. The number of nitrogens with one attached hydrogen (secondary N) is 1. The van der Waals surface area contributed by atoms with E-state index in [1.807, 2.05) is 20.8 Å². The number of hydrogen-bond acceptors (Lipinski definition) is 3. The van der Waals surface area contributed by atoms with Gasteiger partial charge in [-0.15, -0.1) is 0 Å². The molecule has 0 aliphatic rings. The van der Waals surface area contributed by atoms with E-state index >= 15 is 0 Å². The van der Waals surface area contributed by atoms with E-state index in [4.69, 9.17) is 5.73 Å². The molecule has 0 saturated heterocycles. The van der Waals surface area contributed by atoms with Crippen LogP contribution in [-0.2, 0) is 10.0 Å². The Hall–Kier alpha value is -0.660. The van der Waals surface area contributed by atoms with Crippen LogP contribution in [-0.4, -0.2) is 15.0 Å². The molecular weight excluding hydrogens is 335 g/mol. The molecule has 1 rings (SSSR count). The first kappa shape index (κ1) is 16.4. The van der Waals surface area contributed by atoms with Gasteiger partial charge in [0.15, 0.2) is 0 Å². The van der Waals surface area contributed by atoms with Crippen molar-refractivity contribution in [3.63, 3.8) is 0 Å². The Morgan fingerprint density at radius 2 is 2.00 bits per heavy atom. The number of benzene rings is 1. The lowest BCUT2D eigenvalue weighted by Gasteiger charge is -2.22. The van der Waals surface area contributed by atoms with Gasteiger partial charge in [0.1, 0.15) is 10.7 Å². The van der Waals surface area contributed by atoms with E-state index in [0.717, 1.165) is 18.6 Å². The first-order chi connectivity index (χ1) is 8.59. The van der Waals surface area contributed by atoms with Crippen LogP contribution in [0, 0.1) is 11.2 Å². The Morgan fingerprint density at radius 1 is 1.42 bits per heavy atom. The molecule has 3 N–H and O–H groups in total. The summed E-state index contributed by atoms with van der Waals surface area (Å²) >= 11 is 3.05. The van der Waals surface area contributed by atoms with Crippen LogP contribution in [0.15, 0.2) is 21.5 Å². The van der Waals surface area contributed by atoms with Crippen molar-refractivity contribution >= 4 is 31.6 Å². The van der Waals surface area contributed by atoms with Crippen molar-refractivity contribution in [2.45, 2.75) is 32.1 Å². The summed E-state index contributed by atoms with van der Waals surface area (Å²) in [6.07, 6.45) is 0.806. The average Bonchev–Trinajstić information content (AvgIpc) is 2.31. The predicted octanol–water partition coefficient (Wildman–Crippen LogP) is 2.88. The van der Waals surface area contributed by atoms with Crippen molar-refractivity contribution < 1.29 is 12.8 Å². The van der Waals surface area contributed by atoms with Crippen LogP contribution in [0.4, 0.5) is 10.1 Å². The molecule has 19 heavy (non-hydrogen) atoms. The molecule has 0 aliphatic heterocycles. The first-order valence-corrected chi connectivity index (χ1v) is 8.11. The summed E-state index contributed by atoms with van der Waals surface area (Å²) in [6, 6.07) is 2.16. The summed E-state index contributed by atoms with van der Waals surface area (Å²) in [5.74, 6) is -0.831. The minimum atomic E-state index is -3.90. The van der Waals surface area contributed by atoms with E-state index < -0.39 is 20.7 Å². The maximum Gasteiger partial charge on any atom is 0.243 e. The average molecular weight is 353 g/mol. The van der Waals surface area contributed by atoms with Gasteiger partial charge < -0.3 is 5.73 Å². The molecular formula is C12H18BrFN2O2S. The molecule has 0 atom stereocenters. The highest BCUT2D eigenvalue weighted by atomic mass is 79.9. The molecule has 0 radical (unpaired) electrons. The molecule has 108 valence electrons. The molecule has 0 amide bonds. The summed E-state index contributed by atoms with van der Waals surface area (Å²) in [6.45, 7) is 6.07. The molecule has 1 aromatic carbocycles. The molecule has 0 unspecified atom stereocenters. The third-order valence-corrected chi connectivity index (χ3v) is 5.14. The summed E-state index contributed by atoms with van der Waals surface area (Å²) in [5.41, 5.74) is 5.58. The Kier molecular flexibility index (Phi) is 4.97. The Bertz CT molecular complexity index is 573. The highest BCUT2D eigenvalue weighted by Gasteiger charge is 2.24. The third-order valence-electron chi connectivity index (χ3n) is 3.04. The van der Waals surface area contributed by atoms with Crippen LogP contribution >= 0.6 is 15.9 Å². The van der Waals surface area contributed by atoms with E-state index in [-0.39, 0.29) is 17.6 Å². The van der Waals surface area contributed by atoms with E-state index in [1.165, 1.54) is 0 Å². The van der Waals surface area contributed by atoms with Gasteiger partial charge in [-0.05, 0) is 39.9 Å². The predicted molar refractivity (Wildman–Crippen MR) is 77.8 cm³/mol. The zero-order valence-corrected chi connectivity index (χ0v) is 13.5. The number of anilines is 1. The van der Waals surface area contributed by atoms with Crippen molar-refractivity contribution in [3.05, 3.63) is 22.4 Å². The standard InChI is InChI=1S/C12H18BrFN2O2S/c1-4-12(2,3)7-16-19(17,18)11-6-10(15)8(13)5-9(11)14/h5-6,16H,4,7,15H2,1-3H3. The largest absolute Gasteiger partial charge is 0.398 e. The first-order valence-electron chi connectivity index (χ1n) is 5.83. The molecule has 7 heteroatoms. The molecule has 0 heterocycles. The van der Waals surface area contributed by atoms with Crippen LogP contribution in [0.2, 0.25) is 0 Å². The van der Waals surface area contributed by atoms with Gasteiger partial charge in [0, 0.05) is 16.7 Å². The third kappa shape index (κ3) is 4.15.